The topological polar surface area (TPSA) is 75.2 Å². The molecule has 146 valence electrons. The molecule has 0 bridgehead atoms. The van der Waals surface area contributed by atoms with Crippen molar-refractivity contribution in [1.29, 1.82) is 0 Å². The minimum Gasteiger partial charge on any atom is -0.348 e. The summed E-state index contributed by atoms with van der Waals surface area (Å²) in [6, 6.07) is 9.34. The van der Waals surface area contributed by atoms with Crippen LogP contribution in [0.1, 0.15) is 53.8 Å². The van der Waals surface area contributed by atoms with E-state index in [1.54, 1.807) is 12.3 Å². The summed E-state index contributed by atoms with van der Waals surface area (Å²) in [6.07, 6.45) is 6.01. The van der Waals surface area contributed by atoms with E-state index in [2.05, 4.69) is 15.3 Å². The van der Waals surface area contributed by atoms with E-state index in [1.165, 1.54) is 0 Å². The van der Waals surface area contributed by atoms with E-state index in [1.807, 2.05) is 43.0 Å². The minimum atomic E-state index is -0.386. The Morgan fingerprint density at radius 1 is 1.21 bits per heavy atom. The molecular weight excluding hydrogens is 352 g/mol. The summed E-state index contributed by atoms with van der Waals surface area (Å²) in [4.78, 5) is 36.4. The van der Waals surface area contributed by atoms with Crippen LogP contribution < -0.4 is 10.2 Å². The van der Waals surface area contributed by atoms with Gasteiger partial charge in [-0.05, 0) is 63.3 Å². The van der Waals surface area contributed by atoms with Gasteiger partial charge in [0.2, 0.25) is 5.91 Å². The molecule has 1 spiro atoms. The molecule has 3 heterocycles. The number of carbonyl (C=O) groups excluding carboxylic acids is 2. The van der Waals surface area contributed by atoms with Crippen molar-refractivity contribution in [3.8, 4) is 0 Å². The van der Waals surface area contributed by atoms with Gasteiger partial charge in [0.15, 0.2) is 0 Å². The molecule has 6 nitrogen and oxygen atoms in total. The Morgan fingerprint density at radius 3 is 2.82 bits per heavy atom. The van der Waals surface area contributed by atoms with E-state index in [9.17, 15) is 9.59 Å². The summed E-state index contributed by atoms with van der Waals surface area (Å²) in [6.45, 7) is 4.55. The van der Waals surface area contributed by atoms with Crippen LogP contribution in [0, 0.1) is 19.3 Å². The number of rotatable bonds is 3. The summed E-state index contributed by atoms with van der Waals surface area (Å²) < 4.78 is 0. The third kappa shape index (κ3) is 3.51. The summed E-state index contributed by atoms with van der Waals surface area (Å²) in [5.41, 5.74) is 1.95. The molecule has 28 heavy (non-hydrogen) atoms. The quantitative estimate of drug-likeness (QED) is 0.890. The summed E-state index contributed by atoms with van der Waals surface area (Å²) >= 11 is 0. The highest BCUT2D eigenvalue weighted by atomic mass is 16.2. The van der Waals surface area contributed by atoms with Gasteiger partial charge in [-0.2, -0.15) is 0 Å². The van der Waals surface area contributed by atoms with Crippen molar-refractivity contribution in [3.05, 3.63) is 53.5 Å². The zero-order chi connectivity index (χ0) is 19.7. The van der Waals surface area contributed by atoms with Crippen LogP contribution in [-0.4, -0.2) is 34.4 Å². The van der Waals surface area contributed by atoms with E-state index in [4.69, 9.17) is 0 Å². The lowest BCUT2D eigenvalue weighted by molar-refractivity contribution is -0.127. The number of anilines is 1. The molecule has 4 rings (SSSR count). The zero-order valence-electron chi connectivity index (χ0n) is 16.4. The van der Waals surface area contributed by atoms with Gasteiger partial charge in [-0.1, -0.05) is 18.6 Å². The van der Waals surface area contributed by atoms with E-state index >= 15 is 0 Å². The number of amides is 2. The van der Waals surface area contributed by atoms with E-state index in [0.717, 1.165) is 42.8 Å². The Balaban J connectivity index is 1.46. The number of hydrogen-bond acceptors (Lipinski definition) is 4. The Hall–Kier alpha value is -2.76. The molecule has 2 aliphatic rings. The Labute approximate surface area is 165 Å². The fourth-order valence-electron chi connectivity index (χ4n) is 4.49. The fourth-order valence-corrected chi connectivity index (χ4v) is 4.49. The lowest BCUT2D eigenvalue weighted by Crippen LogP contribution is -2.46. The lowest BCUT2D eigenvalue weighted by Gasteiger charge is -2.36. The number of aromatic nitrogens is 2. The van der Waals surface area contributed by atoms with E-state index < -0.39 is 0 Å². The second-order valence-electron chi connectivity index (χ2n) is 8.11. The van der Waals surface area contributed by atoms with Crippen LogP contribution in [0.3, 0.4) is 0 Å². The molecule has 0 radical (unpaired) electrons. The van der Waals surface area contributed by atoms with E-state index in [-0.39, 0.29) is 23.3 Å². The molecule has 1 aliphatic carbocycles. The second kappa shape index (κ2) is 7.34. The second-order valence-corrected chi connectivity index (χ2v) is 8.11. The van der Waals surface area contributed by atoms with Crippen LogP contribution in [-0.2, 0) is 4.79 Å². The first-order chi connectivity index (χ1) is 13.5. The van der Waals surface area contributed by atoms with Crippen LogP contribution in [0.25, 0.3) is 0 Å². The summed E-state index contributed by atoms with van der Waals surface area (Å²) in [5, 5.41) is 3.11. The number of nitrogens with zero attached hydrogens (tertiary/aromatic N) is 3. The highest BCUT2D eigenvalue weighted by Gasteiger charge is 2.50. The Morgan fingerprint density at radius 2 is 2.07 bits per heavy atom. The van der Waals surface area contributed by atoms with Gasteiger partial charge in [0.1, 0.15) is 11.5 Å². The van der Waals surface area contributed by atoms with Crippen molar-refractivity contribution in [2.75, 3.05) is 11.4 Å². The number of pyridine rings is 2. The van der Waals surface area contributed by atoms with Crippen molar-refractivity contribution in [1.82, 2.24) is 15.3 Å². The Kier molecular flexibility index (Phi) is 4.87. The molecule has 2 aromatic heterocycles. The molecule has 2 fully saturated rings. The van der Waals surface area contributed by atoms with Crippen molar-refractivity contribution in [2.24, 2.45) is 5.41 Å². The summed E-state index contributed by atoms with van der Waals surface area (Å²) in [5.74, 6) is 0.715. The maximum absolute atomic E-state index is 13.3. The van der Waals surface area contributed by atoms with Crippen LogP contribution in [0.4, 0.5) is 5.82 Å². The van der Waals surface area contributed by atoms with Gasteiger partial charge in [0.05, 0.1) is 5.41 Å². The molecule has 1 N–H and O–H groups in total. The average molecular weight is 378 g/mol. The first kappa shape index (κ1) is 18.6. The predicted octanol–water partition coefficient (Wildman–Crippen LogP) is 3.19. The Bertz CT molecular complexity index is 896. The lowest BCUT2D eigenvalue weighted by atomic mass is 9.71. The van der Waals surface area contributed by atoms with Gasteiger partial charge in [-0.25, -0.2) is 9.97 Å². The normalized spacial score (nSPS) is 24.6. The van der Waals surface area contributed by atoms with Gasteiger partial charge >= 0.3 is 0 Å². The molecule has 1 saturated heterocycles. The molecule has 2 unspecified atom stereocenters. The van der Waals surface area contributed by atoms with Gasteiger partial charge in [0, 0.05) is 24.5 Å². The molecular formula is C22H26N4O2. The highest BCUT2D eigenvalue weighted by Crippen LogP contribution is 2.45. The standard InChI is InChI=1S/C22H26N4O2/c1-15-8-9-19(23-14-15)26-12-11-22(21(26)28)10-4-6-17(13-22)25-20(27)18-7-3-5-16(2)24-18/h3,5,7-9,14,17H,4,6,10-13H2,1-2H3,(H,25,27). The van der Waals surface area contributed by atoms with Crippen LogP contribution >= 0.6 is 0 Å². The van der Waals surface area contributed by atoms with Crippen molar-refractivity contribution >= 4 is 17.6 Å². The van der Waals surface area contributed by atoms with Crippen LogP contribution in [0.2, 0.25) is 0 Å². The van der Waals surface area contributed by atoms with Crippen molar-refractivity contribution in [3.63, 3.8) is 0 Å². The minimum absolute atomic E-state index is 0.00145. The van der Waals surface area contributed by atoms with Crippen LogP contribution in [0.15, 0.2) is 36.5 Å². The van der Waals surface area contributed by atoms with Gasteiger partial charge in [-0.15, -0.1) is 0 Å². The molecule has 2 aromatic rings. The van der Waals surface area contributed by atoms with E-state index in [0.29, 0.717) is 18.7 Å². The molecule has 2 atom stereocenters. The third-order valence-electron chi connectivity index (χ3n) is 5.99. The van der Waals surface area contributed by atoms with Gasteiger partial charge in [0.25, 0.3) is 5.91 Å². The molecule has 2 amide bonds. The van der Waals surface area contributed by atoms with Gasteiger partial charge in [-0.3, -0.25) is 14.5 Å². The SMILES string of the molecule is Cc1ccc(N2CCC3(CCCC(NC(=O)c4cccc(C)n4)C3)C2=O)nc1. The molecule has 6 heteroatoms. The van der Waals surface area contributed by atoms with Gasteiger partial charge < -0.3 is 5.32 Å². The van der Waals surface area contributed by atoms with Crippen LogP contribution in [0.5, 0.6) is 0 Å². The summed E-state index contributed by atoms with van der Waals surface area (Å²) in [7, 11) is 0. The third-order valence-corrected chi connectivity index (χ3v) is 5.99. The first-order valence-corrected chi connectivity index (χ1v) is 9.96. The van der Waals surface area contributed by atoms with Crippen molar-refractivity contribution < 1.29 is 9.59 Å². The fraction of sp³-hybridized carbons (Fsp3) is 0.455. The predicted molar refractivity (Wildman–Crippen MR) is 107 cm³/mol. The molecule has 0 aromatic carbocycles. The number of aryl methyl sites for hydroxylation is 2. The zero-order valence-corrected chi connectivity index (χ0v) is 16.4. The largest absolute Gasteiger partial charge is 0.348 e. The first-order valence-electron chi connectivity index (χ1n) is 9.96. The molecule has 1 saturated carbocycles. The molecule has 1 aliphatic heterocycles. The maximum Gasteiger partial charge on any atom is 0.270 e. The number of carbonyl (C=O) groups is 2. The monoisotopic (exact) mass is 378 g/mol. The maximum atomic E-state index is 13.3. The number of nitrogens with one attached hydrogen (secondary N) is 1. The highest BCUT2D eigenvalue weighted by molar-refractivity contribution is 5.99. The number of hydrogen-bond donors (Lipinski definition) is 1. The average Bonchev–Trinajstić information content (AvgIpc) is 2.98. The smallest absolute Gasteiger partial charge is 0.270 e. The van der Waals surface area contributed by atoms with Crippen molar-refractivity contribution in [2.45, 2.75) is 52.0 Å².